The minimum atomic E-state index is -4.35. The maximum absolute atomic E-state index is 14.2. The second-order valence-corrected chi connectivity index (χ2v) is 8.30. The van der Waals surface area contributed by atoms with Crippen LogP contribution in [-0.4, -0.2) is 46.9 Å². The lowest BCUT2D eigenvalue weighted by Crippen LogP contribution is -2.23. The number of anilines is 1. The summed E-state index contributed by atoms with van der Waals surface area (Å²) in [5, 5.41) is 9.97. The molecular formula is C26H25F4N5O3. The summed E-state index contributed by atoms with van der Waals surface area (Å²) in [6.45, 7) is 2.11. The topological polar surface area (TPSA) is 89.8 Å². The van der Waals surface area contributed by atoms with Crippen molar-refractivity contribution in [3.8, 4) is 28.6 Å². The number of aromatic nitrogens is 3. The average Bonchev–Trinajstić information content (AvgIpc) is 3.31. The van der Waals surface area contributed by atoms with Gasteiger partial charge in [0, 0.05) is 36.3 Å². The highest BCUT2D eigenvalue weighted by atomic mass is 19.4. The van der Waals surface area contributed by atoms with Gasteiger partial charge in [-0.2, -0.15) is 13.2 Å². The Bertz CT molecular complexity index is 1420. The molecule has 4 rings (SSSR count). The number of ether oxygens (including phenoxy) is 2. The molecule has 0 fully saturated rings. The van der Waals surface area contributed by atoms with Crippen molar-refractivity contribution in [2.24, 2.45) is 0 Å². The first kappa shape index (κ1) is 26.7. The van der Waals surface area contributed by atoms with Crippen molar-refractivity contribution in [3.63, 3.8) is 0 Å². The van der Waals surface area contributed by atoms with Gasteiger partial charge >= 0.3 is 6.18 Å². The van der Waals surface area contributed by atoms with E-state index in [2.05, 4.69) is 20.7 Å². The number of benzene rings is 2. The smallest absolute Gasteiger partial charge is 0.390 e. The summed E-state index contributed by atoms with van der Waals surface area (Å²) in [6.07, 6.45) is -3.08. The number of carbonyl (C=O) groups is 1. The Hall–Kier alpha value is -4.35. The van der Waals surface area contributed by atoms with Crippen molar-refractivity contribution in [1.29, 1.82) is 0 Å². The molecule has 2 aromatic heterocycles. The molecule has 0 aliphatic rings. The molecule has 0 saturated carbocycles. The van der Waals surface area contributed by atoms with Crippen LogP contribution >= 0.6 is 0 Å². The van der Waals surface area contributed by atoms with E-state index < -0.39 is 25.0 Å². The molecule has 1 amide bonds. The molecule has 0 spiro atoms. The van der Waals surface area contributed by atoms with Gasteiger partial charge in [0.05, 0.1) is 31.1 Å². The van der Waals surface area contributed by atoms with E-state index in [0.29, 0.717) is 23.4 Å². The number of carbonyl (C=O) groups excluding carboxylic acids is 1. The van der Waals surface area contributed by atoms with E-state index in [9.17, 15) is 22.4 Å². The third-order valence-electron chi connectivity index (χ3n) is 5.49. The number of hydrogen-bond donors (Lipinski definition) is 2. The van der Waals surface area contributed by atoms with E-state index in [1.165, 1.54) is 36.0 Å². The SMILES string of the molecule is CCCNC(=O)c1ccc(-c2cnc3c(NCCC(F)(F)F)cc(Oc4ccc(OC)c(F)c4)nn23)cc1. The lowest BCUT2D eigenvalue weighted by Gasteiger charge is -2.13. The summed E-state index contributed by atoms with van der Waals surface area (Å²) in [5.74, 6) is -0.722. The summed E-state index contributed by atoms with van der Waals surface area (Å²) < 4.78 is 64.5. The fraction of sp³-hybridized carbons (Fsp3) is 0.269. The number of methoxy groups -OCH3 is 1. The van der Waals surface area contributed by atoms with Gasteiger partial charge in [0.25, 0.3) is 5.91 Å². The summed E-state index contributed by atoms with van der Waals surface area (Å²) in [5.41, 5.74) is 2.15. The number of halogens is 4. The van der Waals surface area contributed by atoms with Crippen molar-refractivity contribution in [3.05, 3.63) is 66.1 Å². The summed E-state index contributed by atoms with van der Waals surface area (Å²) in [7, 11) is 1.33. The van der Waals surface area contributed by atoms with Gasteiger partial charge in [0.15, 0.2) is 17.2 Å². The van der Waals surface area contributed by atoms with Crippen LogP contribution in [-0.2, 0) is 0 Å². The van der Waals surface area contributed by atoms with Crippen LogP contribution in [0.2, 0.25) is 0 Å². The van der Waals surface area contributed by atoms with Gasteiger partial charge in [0.1, 0.15) is 5.75 Å². The fourth-order valence-electron chi connectivity index (χ4n) is 3.63. The Morgan fingerprint density at radius 2 is 1.84 bits per heavy atom. The Balaban J connectivity index is 1.70. The van der Waals surface area contributed by atoms with E-state index in [1.54, 1.807) is 24.3 Å². The van der Waals surface area contributed by atoms with Crippen LogP contribution in [0.4, 0.5) is 23.2 Å². The Labute approximate surface area is 215 Å². The van der Waals surface area contributed by atoms with Crippen LogP contribution in [0, 0.1) is 5.82 Å². The standard InChI is InChI=1S/C26H25F4N5O3/c1-3-11-32-25(36)17-6-4-16(5-7-17)21-15-33-24-20(31-12-10-26(28,29)30)14-23(34-35(21)24)38-18-8-9-22(37-2)19(27)13-18/h4-9,13-15,31H,3,10-12H2,1-2H3,(H,32,36). The molecule has 2 aromatic carbocycles. The minimum absolute atomic E-state index is 0.00797. The number of imidazole rings is 1. The highest BCUT2D eigenvalue weighted by molar-refractivity contribution is 5.94. The van der Waals surface area contributed by atoms with Gasteiger partial charge < -0.3 is 20.1 Å². The monoisotopic (exact) mass is 531 g/mol. The van der Waals surface area contributed by atoms with Gasteiger partial charge in [0.2, 0.25) is 5.88 Å². The molecule has 2 N–H and O–H groups in total. The van der Waals surface area contributed by atoms with Gasteiger partial charge in [-0.25, -0.2) is 13.9 Å². The zero-order valence-electron chi connectivity index (χ0n) is 20.6. The second-order valence-electron chi connectivity index (χ2n) is 8.30. The van der Waals surface area contributed by atoms with E-state index in [-0.39, 0.29) is 34.6 Å². The molecule has 2 heterocycles. The van der Waals surface area contributed by atoms with Crippen LogP contribution in [0.15, 0.2) is 54.7 Å². The van der Waals surface area contributed by atoms with Crippen LogP contribution < -0.4 is 20.1 Å². The first-order valence-corrected chi connectivity index (χ1v) is 11.8. The van der Waals surface area contributed by atoms with E-state index >= 15 is 0 Å². The molecule has 8 nitrogen and oxygen atoms in total. The van der Waals surface area contributed by atoms with Gasteiger partial charge in [-0.05, 0) is 30.7 Å². The number of amides is 1. The van der Waals surface area contributed by atoms with Gasteiger partial charge in [-0.3, -0.25) is 4.79 Å². The van der Waals surface area contributed by atoms with Crippen molar-refractivity contribution >= 4 is 17.2 Å². The van der Waals surface area contributed by atoms with Crippen LogP contribution in [0.5, 0.6) is 17.4 Å². The molecule has 0 radical (unpaired) electrons. The predicted molar refractivity (Wildman–Crippen MR) is 133 cm³/mol. The number of nitrogens with one attached hydrogen (secondary N) is 2. The number of alkyl halides is 3. The van der Waals surface area contributed by atoms with Gasteiger partial charge in [-0.15, -0.1) is 5.10 Å². The van der Waals surface area contributed by atoms with Crippen LogP contribution in [0.25, 0.3) is 16.9 Å². The molecule has 12 heteroatoms. The molecule has 0 atom stereocenters. The maximum atomic E-state index is 14.2. The second kappa shape index (κ2) is 11.4. The fourth-order valence-corrected chi connectivity index (χ4v) is 3.63. The number of nitrogens with zero attached hydrogens (tertiary/aromatic N) is 3. The Morgan fingerprint density at radius 1 is 1.08 bits per heavy atom. The molecule has 0 bridgehead atoms. The minimum Gasteiger partial charge on any atom is -0.494 e. The molecule has 38 heavy (non-hydrogen) atoms. The number of fused-ring (bicyclic) bond motifs is 1. The molecular weight excluding hydrogens is 506 g/mol. The predicted octanol–water partition coefficient (Wildman–Crippen LogP) is 5.84. The van der Waals surface area contributed by atoms with E-state index in [0.717, 1.165) is 12.5 Å². The van der Waals surface area contributed by atoms with Crippen molar-refractivity contribution in [1.82, 2.24) is 19.9 Å². The molecule has 4 aromatic rings. The largest absolute Gasteiger partial charge is 0.494 e. The number of hydrogen-bond acceptors (Lipinski definition) is 6. The van der Waals surface area contributed by atoms with Crippen molar-refractivity contribution in [2.45, 2.75) is 25.9 Å². The highest BCUT2D eigenvalue weighted by Crippen LogP contribution is 2.31. The van der Waals surface area contributed by atoms with Crippen LogP contribution in [0.3, 0.4) is 0 Å². The first-order chi connectivity index (χ1) is 18.2. The summed E-state index contributed by atoms with van der Waals surface area (Å²) in [6, 6.07) is 12.1. The average molecular weight is 532 g/mol. The molecule has 200 valence electrons. The van der Waals surface area contributed by atoms with E-state index in [4.69, 9.17) is 9.47 Å². The maximum Gasteiger partial charge on any atom is 0.390 e. The highest BCUT2D eigenvalue weighted by Gasteiger charge is 2.26. The number of rotatable bonds is 10. The quantitative estimate of drug-likeness (QED) is 0.250. The Morgan fingerprint density at radius 3 is 2.50 bits per heavy atom. The Kier molecular flexibility index (Phi) is 7.99. The third kappa shape index (κ3) is 6.31. The van der Waals surface area contributed by atoms with E-state index in [1.807, 2.05) is 6.92 Å². The molecule has 0 aliphatic heterocycles. The van der Waals surface area contributed by atoms with Crippen molar-refractivity contribution in [2.75, 3.05) is 25.5 Å². The molecule has 0 saturated heterocycles. The zero-order chi connectivity index (χ0) is 27.3. The summed E-state index contributed by atoms with van der Waals surface area (Å²) in [4.78, 5) is 16.6. The molecule has 0 unspecified atom stereocenters. The van der Waals surface area contributed by atoms with Crippen molar-refractivity contribution < 1.29 is 31.8 Å². The lowest BCUT2D eigenvalue weighted by atomic mass is 10.1. The first-order valence-electron chi connectivity index (χ1n) is 11.8. The van der Waals surface area contributed by atoms with Crippen LogP contribution in [0.1, 0.15) is 30.1 Å². The third-order valence-corrected chi connectivity index (χ3v) is 5.49. The lowest BCUT2D eigenvalue weighted by molar-refractivity contribution is -0.131. The zero-order valence-corrected chi connectivity index (χ0v) is 20.6. The molecule has 0 aliphatic carbocycles. The summed E-state index contributed by atoms with van der Waals surface area (Å²) >= 11 is 0. The van der Waals surface area contributed by atoms with Gasteiger partial charge in [-0.1, -0.05) is 19.1 Å². The normalized spacial score (nSPS) is 11.4.